The zero-order valence-corrected chi connectivity index (χ0v) is 9.88. The van der Waals surface area contributed by atoms with Crippen molar-refractivity contribution >= 4 is 17.4 Å². The minimum Gasteiger partial charge on any atom is -0.318 e. The summed E-state index contributed by atoms with van der Waals surface area (Å²) < 4.78 is 0. The average molecular weight is 248 g/mol. The van der Waals surface area contributed by atoms with Gasteiger partial charge in [-0.3, -0.25) is 10.1 Å². The molecule has 0 atom stereocenters. The quantitative estimate of drug-likeness (QED) is 0.456. The van der Waals surface area contributed by atoms with Crippen LogP contribution in [0.3, 0.4) is 0 Å². The Balaban J connectivity index is 2.40. The lowest BCUT2D eigenvalue weighted by Gasteiger charge is -2.16. The van der Waals surface area contributed by atoms with E-state index in [0.717, 1.165) is 18.4 Å². The maximum absolute atomic E-state index is 10.7. The SMILES string of the molecule is CC(=O)ON=C1CCCc2ccc([N+](=O)[O-])cc21. The molecule has 6 nitrogen and oxygen atoms in total. The van der Waals surface area contributed by atoms with Crippen LogP contribution < -0.4 is 0 Å². The summed E-state index contributed by atoms with van der Waals surface area (Å²) >= 11 is 0. The smallest absolute Gasteiger partial charge is 0.318 e. The molecule has 1 aliphatic carbocycles. The van der Waals surface area contributed by atoms with Crippen molar-refractivity contribution in [1.82, 2.24) is 0 Å². The summed E-state index contributed by atoms with van der Waals surface area (Å²) in [7, 11) is 0. The first-order valence-corrected chi connectivity index (χ1v) is 5.60. The highest BCUT2D eigenvalue weighted by Gasteiger charge is 2.19. The lowest BCUT2D eigenvalue weighted by molar-refractivity contribution is -0.384. The van der Waals surface area contributed by atoms with E-state index in [1.54, 1.807) is 6.07 Å². The van der Waals surface area contributed by atoms with Gasteiger partial charge >= 0.3 is 5.97 Å². The van der Waals surface area contributed by atoms with Crippen LogP contribution in [0.4, 0.5) is 5.69 Å². The number of hydrogen-bond acceptors (Lipinski definition) is 5. The first-order valence-electron chi connectivity index (χ1n) is 5.60. The summed E-state index contributed by atoms with van der Waals surface area (Å²) in [5.41, 5.74) is 2.32. The molecule has 1 aromatic carbocycles. The molecule has 0 saturated carbocycles. The monoisotopic (exact) mass is 248 g/mol. The number of hydrogen-bond donors (Lipinski definition) is 0. The molecule has 0 unspecified atom stereocenters. The van der Waals surface area contributed by atoms with Gasteiger partial charge in [0.1, 0.15) is 0 Å². The number of benzene rings is 1. The zero-order chi connectivity index (χ0) is 13.1. The Bertz CT molecular complexity index is 537. The van der Waals surface area contributed by atoms with Crippen molar-refractivity contribution in [2.24, 2.45) is 5.16 Å². The molecule has 6 heteroatoms. The molecule has 0 N–H and O–H groups in total. The number of nitrogens with zero attached hydrogens (tertiary/aromatic N) is 2. The van der Waals surface area contributed by atoms with Gasteiger partial charge in [-0.15, -0.1) is 0 Å². The zero-order valence-electron chi connectivity index (χ0n) is 9.88. The van der Waals surface area contributed by atoms with Crippen LogP contribution in [0, 0.1) is 10.1 Å². The van der Waals surface area contributed by atoms with Gasteiger partial charge in [0.25, 0.3) is 5.69 Å². The summed E-state index contributed by atoms with van der Waals surface area (Å²) in [6.45, 7) is 1.27. The summed E-state index contributed by atoms with van der Waals surface area (Å²) in [4.78, 5) is 25.6. The van der Waals surface area contributed by atoms with E-state index >= 15 is 0 Å². The van der Waals surface area contributed by atoms with E-state index in [2.05, 4.69) is 9.99 Å². The van der Waals surface area contributed by atoms with E-state index in [1.807, 2.05) is 0 Å². The van der Waals surface area contributed by atoms with Crippen LogP contribution in [-0.2, 0) is 16.1 Å². The minimum atomic E-state index is -0.500. The Morgan fingerprint density at radius 1 is 1.44 bits per heavy atom. The predicted octanol–water partition coefficient (Wildman–Crippen LogP) is 2.20. The molecule has 0 spiro atoms. The lowest BCUT2D eigenvalue weighted by atomic mass is 9.90. The van der Waals surface area contributed by atoms with E-state index in [4.69, 9.17) is 0 Å². The average Bonchev–Trinajstić information content (AvgIpc) is 2.35. The highest BCUT2D eigenvalue weighted by atomic mass is 16.7. The minimum absolute atomic E-state index is 0.0196. The van der Waals surface area contributed by atoms with Crippen LogP contribution in [0.25, 0.3) is 0 Å². The van der Waals surface area contributed by atoms with Gasteiger partial charge in [-0.1, -0.05) is 11.2 Å². The summed E-state index contributed by atoms with van der Waals surface area (Å²) in [6.07, 6.45) is 2.40. The molecule has 1 aliphatic rings. The molecule has 18 heavy (non-hydrogen) atoms. The molecule has 0 fully saturated rings. The van der Waals surface area contributed by atoms with Gasteiger partial charge in [-0.05, 0) is 24.8 Å². The standard InChI is InChI=1S/C12H12N2O4/c1-8(15)18-13-12-4-2-3-9-5-6-10(14(16)17)7-11(9)12/h5-7H,2-4H2,1H3. The lowest BCUT2D eigenvalue weighted by Crippen LogP contribution is -2.13. The number of carbonyl (C=O) groups excluding carboxylic acids is 1. The third-order valence-corrected chi connectivity index (χ3v) is 2.76. The van der Waals surface area contributed by atoms with Crippen LogP contribution in [0.1, 0.15) is 30.9 Å². The number of nitro groups is 1. The Morgan fingerprint density at radius 3 is 2.89 bits per heavy atom. The van der Waals surface area contributed by atoms with E-state index in [9.17, 15) is 14.9 Å². The molecule has 1 aromatic rings. The maximum Gasteiger partial charge on any atom is 0.331 e. The fraction of sp³-hybridized carbons (Fsp3) is 0.333. The van der Waals surface area contributed by atoms with Crippen molar-refractivity contribution in [2.75, 3.05) is 0 Å². The van der Waals surface area contributed by atoms with Gasteiger partial charge < -0.3 is 4.84 Å². The molecule has 0 aliphatic heterocycles. The number of non-ortho nitro benzene ring substituents is 1. The Hall–Kier alpha value is -2.24. The second-order valence-corrected chi connectivity index (χ2v) is 4.07. The Labute approximate surface area is 103 Å². The van der Waals surface area contributed by atoms with Crippen LogP contribution in [0.15, 0.2) is 23.4 Å². The number of fused-ring (bicyclic) bond motifs is 1. The molecule has 0 amide bonds. The molecule has 0 bridgehead atoms. The maximum atomic E-state index is 10.7. The van der Waals surface area contributed by atoms with E-state index in [0.29, 0.717) is 17.7 Å². The van der Waals surface area contributed by atoms with Crippen LogP contribution in [0.5, 0.6) is 0 Å². The van der Waals surface area contributed by atoms with Crippen molar-refractivity contribution < 1.29 is 14.6 Å². The number of carbonyl (C=O) groups is 1. The van der Waals surface area contributed by atoms with E-state index in [-0.39, 0.29) is 5.69 Å². The van der Waals surface area contributed by atoms with Gasteiger partial charge in [0.2, 0.25) is 0 Å². The van der Waals surface area contributed by atoms with Crippen LogP contribution >= 0.6 is 0 Å². The molecule has 0 radical (unpaired) electrons. The summed E-state index contributed by atoms with van der Waals surface area (Å²) in [5.74, 6) is -0.500. The Kier molecular flexibility index (Phi) is 3.36. The highest BCUT2D eigenvalue weighted by molar-refractivity contribution is 6.03. The second-order valence-electron chi connectivity index (χ2n) is 4.07. The Morgan fingerprint density at radius 2 is 2.22 bits per heavy atom. The van der Waals surface area contributed by atoms with E-state index in [1.165, 1.54) is 19.1 Å². The molecule has 0 saturated heterocycles. The molecular formula is C12H12N2O4. The van der Waals surface area contributed by atoms with Gasteiger partial charge in [0.15, 0.2) is 0 Å². The second kappa shape index (κ2) is 4.95. The molecule has 94 valence electrons. The van der Waals surface area contributed by atoms with Crippen molar-refractivity contribution in [2.45, 2.75) is 26.2 Å². The fourth-order valence-electron chi connectivity index (χ4n) is 1.96. The molecule has 0 aromatic heterocycles. The van der Waals surface area contributed by atoms with Crippen molar-refractivity contribution in [3.05, 3.63) is 39.4 Å². The number of oxime groups is 1. The summed E-state index contributed by atoms with van der Waals surface area (Å²) in [6, 6.07) is 4.69. The van der Waals surface area contributed by atoms with Gasteiger partial charge in [-0.25, -0.2) is 4.79 Å². The van der Waals surface area contributed by atoms with Crippen molar-refractivity contribution in [1.29, 1.82) is 0 Å². The van der Waals surface area contributed by atoms with Gasteiger partial charge in [0, 0.05) is 24.6 Å². The van der Waals surface area contributed by atoms with Gasteiger partial charge in [0.05, 0.1) is 10.6 Å². The fourth-order valence-corrected chi connectivity index (χ4v) is 1.96. The third kappa shape index (κ3) is 2.53. The number of rotatable bonds is 2. The molecule has 0 heterocycles. The highest BCUT2D eigenvalue weighted by Crippen LogP contribution is 2.26. The predicted molar refractivity (Wildman–Crippen MR) is 64.3 cm³/mol. The normalized spacial score (nSPS) is 16.2. The first-order chi connectivity index (χ1) is 8.58. The first kappa shape index (κ1) is 12.2. The van der Waals surface area contributed by atoms with Crippen molar-refractivity contribution in [3.8, 4) is 0 Å². The summed E-state index contributed by atoms with van der Waals surface area (Å²) in [5, 5.41) is 14.5. The number of nitro benzene ring substituents is 1. The van der Waals surface area contributed by atoms with Crippen molar-refractivity contribution in [3.63, 3.8) is 0 Å². The largest absolute Gasteiger partial charge is 0.331 e. The number of aryl methyl sites for hydroxylation is 1. The van der Waals surface area contributed by atoms with Crippen LogP contribution in [0.2, 0.25) is 0 Å². The van der Waals surface area contributed by atoms with E-state index < -0.39 is 10.9 Å². The third-order valence-electron chi connectivity index (χ3n) is 2.76. The molecular weight excluding hydrogens is 236 g/mol. The molecule has 2 rings (SSSR count). The topological polar surface area (TPSA) is 81.8 Å². The van der Waals surface area contributed by atoms with Gasteiger partial charge in [-0.2, -0.15) is 0 Å². The van der Waals surface area contributed by atoms with Crippen LogP contribution in [-0.4, -0.2) is 16.6 Å².